The molecule has 0 N–H and O–H groups in total. The lowest BCUT2D eigenvalue weighted by Gasteiger charge is -2.27. The number of benzene rings is 1. The second-order valence-electron chi connectivity index (χ2n) is 5.53. The molecule has 1 aliphatic rings. The summed E-state index contributed by atoms with van der Waals surface area (Å²) < 4.78 is 0. The first-order chi connectivity index (χ1) is 9.63. The summed E-state index contributed by atoms with van der Waals surface area (Å²) in [5.41, 5.74) is 4.99. The zero-order valence-corrected chi connectivity index (χ0v) is 12.8. The van der Waals surface area contributed by atoms with E-state index in [4.69, 9.17) is 0 Å². The molecule has 0 fully saturated rings. The molecule has 104 valence electrons. The molecule has 0 aliphatic carbocycles. The molecule has 0 unspecified atom stereocenters. The average molecular weight is 285 g/mol. The molecular formula is C17H19NOS. The highest BCUT2D eigenvalue weighted by Gasteiger charge is 2.21. The summed E-state index contributed by atoms with van der Waals surface area (Å²) in [5, 5.41) is 2.13. The number of rotatable bonds is 2. The van der Waals surface area contributed by atoms with E-state index in [1.54, 1.807) is 0 Å². The van der Waals surface area contributed by atoms with Crippen LogP contribution < -0.4 is 0 Å². The van der Waals surface area contributed by atoms with Crippen LogP contribution in [-0.4, -0.2) is 17.4 Å². The van der Waals surface area contributed by atoms with Gasteiger partial charge in [-0.1, -0.05) is 18.2 Å². The van der Waals surface area contributed by atoms with Crippen LogP contribution in [0.4, 0.5) is 0 Å². The predicted molar refractivity (Wildman–Crippen MR) is 83.1 cm³/mol. The Bertz CT molecular complexity index is 644. The highest BCUT2D eigenvalue weighted by molar-refractivity contribution is 7.10. The van der Waals surface area contributed by atoms with Gasteiger partial charge in [0.2, 0.25) is 5.91 Å². The third-order valence-corrected chi connectivity index (χ3v) is 5.11. The van der Waals surface area contributed by atoms with E-state index in [-0.39, 0.29) is 5.91 Å². The largest absolute Gasteiger partial charge is 0.338 e. The van der Waals surface area contributed by atoms with Gasteiger partial charge in [-0.2, -0.15) is 0 Å². The van der Waals surface area contributed by atoms with Gasteiger partial charge in [-0.3, -0.25) is 4.79 Å². The van der Waals surface area contributed by atoms with Crippen molar-refractivity contribution in [2.75, 3.05) is 6.54 Å². The lowest BCUT2D eigenvalue weighted by Crippen LogP contribution is -2.36. The maximum Gasteiger partial charge on any atom is 0.227 e. The minimum Gasteiger partial charge on any atom is -0.338 e. The molecule has 0 saturated heterocycles. The standard InChI is InChI=1S/C17H19NOS/c1-12-3-4-14(9-13(12)2)10-17(19)18-7-5-16-15(11-18)6-8-20-16/h3-4,6,8-9H,5,7,10-11H2,1-2H3. The summed E-state index contributed by atoms with van der Waals surface area (Å²) in [5.74, 6) is 0.241. The van der Waals surface area contributed by atoms with E-state index in [9.17, 15) is 4.79 Å². The fraction of sp³-hybridized carbons (Fsp3) is 0.353. The van der Waals surface area contributed by atoms with E-state index >= 15 is 0 Å². The fourth-order valence-corrected chi connectivity index (χ4v) is 3.55. The van der Waals surface area contributed by atoms with Crippen molar-refractivity contribution in [1.82, 2.24) is 4.90 Å². The van der Waals surface area contributed by atoms with Crippen molar-refractivity contribution in [1.29, 1.82) is 0 Å². The quantitative estimate of drug-likeness (QED) is 0.827. The molecule has 3 heteroatoms. The van der Waals surface area contributed by atoms with Crippen LogP contribution in [0.15, 0.2) is 29.6 Å². The van der Waals surface area contributed by atoms with Crippen molar-refractivity contribution >= 4 is 17.2 Å². The summed E-state index contributed by atoms with van der Waals surface area (Å²) in [6, 6.07) is 8.45. The van der Waals surface area contributed by atoms with Crippen LogP contribution >= 0.6 is 11.3 Å². The number of hydrogen-bond donors (Lipinski definition) is 0. The van der Waals surface area contributed by atoms with Gasteiger partial charge in [0.15, 0.2) is 0 Å². The number of nitrogens with zero attached hydrogens (tertiary/aromatic N) is 1. The van der Waals surface area contributed by atoms with Gasteiger partial charge in [0.1, 0.15) is 0 Å². The molecule has 2 heterocycles. The fourth-order valence-electron chi connectivity index (χ4n) is 2.66. The normalized spacial score (nSPS) is 14.2. The first-order valence-corrected chi connectivity index (χ1v) is 7.90. The molecule has 0 saturated carbocycles. The predicted octanol–water partition coefficient (Wildman–Crippen LogP) is 3.49. The highest BCUT2D eigenvalue weighted by atomic mass is 32.1. The molecule has 1 aliphatic heterocycles. The molecule has 1 aromatic heterocycles. The molecule has 0 radical (unpaired) electrons. The van der Waals surface area contributed by atoms with Crippen molar-refractivity contribution in [2.45, 2.75) is 33.2 Å². The third-order valence-electron chi connectivity index (χ3n) is 4.09. The minimum absolute atomic E-state index is 0.241. The third kappa shape index (κ3) is 2.63. The molecule has 0 atom stereocenters. The summed E-state index contributed by atoms with van der Waals surface area (Å²) >= 11 is 1.81. The number of thiophene rings is 1. The second-order valence-corrected chi connectivity index (χ2v) is 6.53. The van der Waals surface area contributed by atoms with Gasteiger partial charge in [0, 0.05) is 18.0 Å². The molecule has 2 nitrogen and oxygen atoms in total. The number of fused-ring (bicyclic) bond motifs is 1. The van der Waals surface area contributed by atoms with Crippen LogP contribution in [-0.2, 0) is 24.2 Å². The molecule has 2 aromatic rings. The van der Waals surface area contributed by atoms with E-state index in [0.717, 1.165) is 25.1 Å². The van der Waals surface area contributed by atoms with E-state index in [2.05, 4.69) is 43.5 Å². The Morgan fingerprint density at radius 3 is 2.90 bits per heavy atom. The number of hydrogen-bond acceptors (Lipinski definition) is 2. The maximum absolute atomic E-state index is 12.4. The Balaban J connectivity index is 1.69. The van der Waals surface area contributed by atoms with Gasteiger partial charge < -0.3 is 4.90 Å². The molecule has 0 bridgehead atoms. The average Bonchev–Trinajstić information content (AvgIpc) is 2.90. The Hall–Kier alpha value is -1.61. The molecule has 3 rings (SSSR count). The Labute approximate surface area is 124 Å². The van der Waals surface area contributed by atoms with Crippen LogP contribution in [0.3, 0.4) is 0 Å². The Morgan fingerprint density at radius 1 is 1.25 bits per heavy atom. The van der Waals surface area contributed by atoms with E-state index in [0.29, 0.717) is 6.42 Å². The van der Waals surface area contributed by atoms with Crippen molar-refractivity contribution in [3.63, 3.8) is 0 Å². The van der Waals surface area contributed by atoms with Gasteiger partial charge in [0.05, 0.1) is 6.42 Å². The monoisotopic (exact) mass is 285 g/mol. The minimum atomic E-state index is 0.241. The SMILES string of the molecule is Cc1ccc(CC(=O)N2CCc3sccc3C2)cc1C. The summed E-state index contributed by atoms with van der Waals surface area (Å²) in [7, 11) is 0. The number of carbonyl (C=O) groups excluding carboxylic acids is 1. The number of carbonyl (C=O) groups is 1. The van der Waals surface area contributed by atoms with Crippen LogP contribution in [0.5, 0.6) is 0 Å². The van der Waals surface area contributed by atoms with Crippen LogP contribution in [0, 0.1) is 13.8 Å². The van der Waals surface area contributed by atoms with Gasteiger partial charge >= 0.3 is 0 Å². The molecule has 20 heavy (non-hydrogen) atoms. The molecule has 1 amide bonds. The zero-order chi connectivity index (χ0) is 14.1. The van der Waals surface area contributed by atoms with E-state index in [1.165, 1.54) is 21.6 Å². The molecule has 0 spiro atoms. The van der Waals surface area contributed by atoms with Crippen LogP contribution in [0.25, 0.3) is 0 Å². The number of aryl methyl sites for hydroxylation is 2. The second kappa shape index (κ2) is 5.41. The van der Waals surface area contributed by atoms with Gasteiger partial charge in [-0.05, 0) is 54.0 Å². The molecular weight excluding hydrogens is 266 g/mol. The summed E-state index contributed by atoms with van der Waals surface area (Å²) in [6.45, 7) is 5.84. The highest BCUT2D eigenvalue weighted by Crippen LogP contribution is 2.24. The molecule has 1 aromatic carbocycles. The zero-order valence-electron chi connectivity index (χ0n) is 12.0. The van der Waals surface area contributed by atoms with Gasteiger partial charge in [-0.25, -0.2) is 0 Å². The first kappa shape index (κ1) is 13.4. The van der Waals surface area contributed by atoms with E-state index < -0.39 is 0 Å². The lowest BCUT2D eigenvalue weighted by molar-refractivity contribution is -0.131. The number of amides is 1. The van der Waals surface area contributed by atoms with Crippen molar-refractivity contribution < 1.29 is 4.79 Å². The summed E-state index contributed by atoms with van der Waals surface area (Å²) in [4.78, 5) is 15.9. The Morgan fingerprint density at radius 2 is 2.10 bits per heavy atom. The maximum atomic E-state index is 12.4. The van der Waals surface area contributed by atoms with Crippen molar-refractivity contribution in [3.05, 3.63) is 56.8 Å². The van der Waals surface area contributed by atoms with Crippen molar-refractivity contribution in [3.8, 4) is 0 Å². The van der Waals surface area contributed by atoms with Crippen LogP contribution in [0.2, 0.25) is 0 Å². The first-order valence-electron chi connectivity index (χ1n) is 7.02. The topological polar surface area (TPSA) is 20.3 Å². The summed E-state index contributed by atoms with van der Waals surface area (Å²) in [6.07, 6.45) is 1.52. The van der Waals surface area contributed by atoms with Crippen LogP contribution in [0.1, 0.15) is 27.1 Å². The van der Waals surface area contributed by atoms with Gasteiger partial charge in [0.25, 0.3) is 0 Å². The Kier molecular flexibility index (Phi) is 3.62. The van der Waals surface area contributed by atoms with Gasteiger partial charge in [-0.15, -0.1) is 11.3 Å². The van der Waals surface area contributed by atoms with Crippen molar-refractivity contribution in [2.24, 2.45) is 0 Å². The smallest absolute Gasteiger partial charge is 0.227 e. The lowest BCUT2D eigenvalue weighted by atomic mass is 10.0. The van der Waals surface area contributed by atoms with E-state index in [1.807, 2.05) is 16.2 Å².